The summed E-state index contributed by atoms with van der Waals surface area (Å²) in [6, 6.07) is 14.4. The van der Waals surface area contributed by atoms with Crippen molar-refractivity contribution in [3.63, 3.8) is 0 Å². The Hall–Kier alpha value is -3.53. The highest BCUT2D eigenvalue weighted by molar-refractivity contribution is 5.64. The van der Waals surface area contributed by atoms with Crippen molar-refractivity contribution in [3.8, 4) is 23.1 Å². The van der Waals surface area contributed by atoms with Crippen LogP contribution in [0.4, 0.5) is 13.2 Å². The van der Waals surface area contributed by atoms with Crippen molar-refractivity contribution >= 4 is 0 Å². The quantitative estimate of drug-likeness (QED) is 0.601. The molecule has 1 heterocycles. The molecule has 0 radical (unpaired) electrons. The number of rotatable bonds is 4. The zero-order valence-corrected chi connectivity index (χ0v) is 16.7. The van der Waals surface area contributed by atoms with E-state index in [0.717, 1.165) is 22.8 Å². The first-order chi connectivity index (χ1) is 14.2. The van der Waals surface area contributed by atoms with Gasteiger partial charge in [0.15, 0.2) is 0 Å². The van der Waals surface area contributed by atoms with E-state index in [-0.39, 0.29) is 12.2 Å². The van der Waals surface area contributed by atoms with Gasteiger partial charge in [-0.25, -0.2) is 0 Å². The van der Waals surface area contributed by atoms with Crippen LogP contribution in [0.15, 0.2) is 53.3 Å². The molecule has 0 aliphatic carbocycles. The molecule has 30 heavy (non-hydrogen) atoms. The number of ether oxygens (including phenoxy) is 1. The van der Waals surface area contributed by atoms with Crippen LogP contribution in [0.5, 0.6) is 5.75 Å². The maximum atomic E-state index is 13.6. The highest BCUT2D eigenvalue weighted by Gasteiger charge is 2.36. The summed E-state index contributed by atoms with van der Waals surface area (Å²) in [5.41, 5.74) is -0.000671. The van der Waals surface area contributed by atoms with Crippen LogP contribution < -0.4 is 10.3 Å². The highest BCUT2D eigenvalue weighted by atomic mass is 19.4. The Labute approximate surface area is 171 Å². The molecular formula is C23H19F3N2O2. The number of aromatic nitrogens is 1. The van der Waals surface area contributed by atoms with Gasteiger partial charge in [-0.3, -0.25) is 4.79 Å². The number of hydrogen-bond acceptors (Lipinski definition) is 3. The Kier molecular flexibility index (Phi) is 5.70. The fourth-order valence-corrected chi connectivity index (χ4v) is 3.35. The van der Waals surface area contributed by atoms with Gasteiger partial charge in [0.1, 0.15) is 17.4 Å². The van der Waals surface area contributed by atoms with Crippen molar-refractivity contribution in [3.05, 3.63) is 86.7 Å². The maximum absolute atomic E-state index is 13.6. The average molecular weight is 412 g/mol. The summed E-state index contributed by atoms with van der Waals surface area (Å²) in [7, 11) is 1.45. The van der Waals surface area contributed by atoms with Crippen molar-refractivity contribution in [2.24, 2.45) is 0 Å². The van der Waals surface area contributed by atoms with Crippen LogP contribution in [0.3, 0.4) is 0 Å². The molecule has 3 aromatic rings. The van der Waals surface area contributed by atoms with E-state index in [0.29, 0.717) is 11.3 Å². The maximum Gasteiger partial charge on any atom is 0.417 e. The van der Waals surface area contributed by atoms with Gasteiger partial charge in [0.25, 0.3) is 5.56 Å². The second kappa shape index (κ2) is 8.07. The molecule has 0 bridgehead atoms. The topological polar surface area (TPSA) is 55.0 Å². The molecule has 0 amide bonds. The summed E-state index contributed by atoms with van der Waals surface area (Å²) in [5.74, 6) is 0.441. The summed E-state index contributed by atoms with van der Waals surface area (Å²) in [5, 5.41) is 9.30. The molecule has 0 aliphatic heterocycles. The van der Waals surface area contributed by atoms with Crippen LogP contribution in [0, 0.1) is 25.2 Å². The minimum absolute atomic E-state index is 0.0321. The van der Waals surface area contributed by atoms with Crippen LogP contribution in [0.25, 0.3) is 11.3 Å². The van der Waals surface area contributed by atoms with Gasteiger partial charge in [0, 0.05) is 5.56 Å². The third-order valence-corrected chi connectivity index (χ3v) is 4.91. The summed E-state index contributed by atoms with van der Waals surface area (Å²) >= 11 is 0. The molecule has 0 saturated heterocycles. The smallest absolute Gasteiger partial charge is 0.417 e. The second-order valence-corrected chi connectivity index (χ2v) is 6.98. The van der Waals surface area contributed by atoms with Crippen LogP contribution >= 0.6 is 0 Å². The van der Waals surface area contributed by atoms with Crippen LogP contribution in [-0.2, 0) is 12.7 Å². The first-order valence-electron chi connectivity index (χ1n) is 9.11. The Morgan fingerprint density at radius 3 is 2.43 bits per heavy atom. The molecule has 0 aliphatic rings. The molecular weight excluding hydrogens is 393 g/mol. The van der Waals surface area contributed by atoms with Gasteiger partial charge in [0.05, 0.1) is 24.9 Å². The van der Waals surface area contributed by atoms with E-state index in [1.54, 1.807) is 24.3 Å². The van der Waals surface area contributed by atoms with Gasteiger partial charge >= 0.3 is 6.18 Å². The lowest BCUT2D eigenvalue weighted by Gasteiger charge is -2.19. The Bertz CT molecular complexity index is 1200. The third kappa shape index (κ3) is 4.08. The predicted molar refractivity (Wildman–Crippen MR) is 107 cm³/mol. The third-order valence-electron chi connectivity index (χ3n) is 4.91. The van der Waals surface area contributed by atoms with Gasteiger partial charge in [0.2, 0.25) is 0 Å². The number of halogens is 3. The largest absolute Gasteiger partial charge is 0.497 e. The van der Waals surface area contributed by atoms with Crippen LogP contribution in [-0.4, -0.2) is 11.7 Å². The number of methoxy groups -OCH3 is 1. The van der Waals surface area contributed by atoms with Gasteiger partial charge in [-0.05, 0) is 43.2 Å². The number of nitrogens with zero attached hydrogens (tertiary/aromatic N) is 2. The van der Waals surface area contributed by atoms with Crippen molar-refractivity contribution in [2.75, 3.05) is 7.11 Å². The minimum atomic E-state index is -4.84. The minimum Gasteiger partial charge on any atom is -0.497 e. The number of benzene rings is 2. The van der Waals surface area contributed by atoms with E-state index in [1.807, 2.05) is 32.0 Å². The van der Waals surface area contributed by atoms with Crippen molar-refractivity contribution in [1.29, 1.82) is 5.26 Å². The fourth-order valence-electron chi connectivity index (χ4n) is 3.35. The lowest BCUT2D eigenvalue weighted by molar-refractivity contribution is -0.137. The molecule has 1 aromatic heterocycles. The average Bonchev–Trinajstić information content (AvgIpc) is 2.70. The van der Waals surface area contributed by atoms with E-state index < -0.39 is 22.9 Å². The zero-order valence-electron chi connectivity index (χ0n) is 16.7. The van der Waals surface area contributed by atoms with E-state index >= 15 is 0 Å². The number of hydrogen-bond donors (Lipinski definition) is 0. The molecule has 4 nitrogen and oxygen atoms in total. The molecule has 0 saturated carbocycles. The fraction of sp³-hybridized carbons (Fsp3) is 0.217. The van der Waals surface area contributed by atoms with Crippen molar-refractivity contribution in [1.82, 2.24) is 4.57 Å². The lowest BCUT2D eigenvalue weighted by Crippen LogP contribution is -2.29. The normalized spacial score (nSPS) is 11.2. The summed E-state index contributed by atoms with van der Waals surface area (Å²) in [6.45, 7) is 3.83. The lowest BCUT2D eigenvalue weighted by atomic mass is 10.0. The predicted octanol–water partition coefficient (Wildman–Crippen LogP) is 5.08. The zero-order chi connectivity index (χ0) is 22.1. The van der Waals surface area contributed by atoms with E-state index in [4.69, 9.17) is 4.74 Å². The Morgan fingerprint density at radius 2 is 1.83 bits per heavy atom. The molecule has 0 spiro atoms. The van der Waals surface area contributed by atoms with E-state index in [9.17, 15) is 23.2 Å². The highest BCUT2D eigenvalue weighted by Crippen LogP contribution is 2.34. The second-order valence-electron chi connectivity index (χ2n) is 6.98. The Balaban J connectivity index is 2.33. The van der Waals surface area contributed by atoms with Gasteiger partial charge in [-0.2, -0.15) is 18.4 Å². The standard InChI is InChI=1S/C23H19F3N2O2/c1-14-7-8-17(15(2)9-14)13-28-21(16-5-4-6-18(10-16)30-3)11-20(23(24,25)26)19(12-27)22(28)29/h4-11H,13H2,1-3H3. The first kappa shape index (κ1) is 21.2. The number of alkyl halides is 3. The van der Waals surface area contributed by atoms with E-state index in [2.05, 4.69) is 0 Å². The molecule has 0 N–H and O–H groups in total. The summed E-state index contributed by atoms with van der Waals surface area (Å²) in [6.07, 6.45) is -4.84. The Morgan fingerprint density at radius 1 is 1.10 bits per heavy atom. The van der Waals surface area contributed by atoms with Gasteiger partial charge < -0.3 is 9.30 Å². The summed E-state index contributed by atoms with van der Waals surface area (Å²) in [4.78, 5) is 13.0. The molecule has 7 heteroatoms. The SMILES string of the molecule is COc1cccc(-c2cc(C(F)(F)F)c(C#N)c(=O)n2Cc2ccc(C)cc2C)c1. The van der Waals surface area contributed by atoms with Crippen LogP contribution in [0.1, 0.15) is 27.8 Å². The van der Waals surface area contributed by atoms with Crippen molar-refractivity contribution in [2.45, 2.75) is 26.6 Å². The monoisotopic (exact) mass is 412 g/mol. The van der Waals surface area contributed by atoms with E-state index in [1.165, 1.54) is 17.7 Å². The molecule has 0 fully saturated rings. The van der Waals surface area contributed by atoms with Crippen molar-refractivity contribution < 1.29 is 17.9 Å². The molecule has 2 aromatic carbocycles. The first-order valence-corrected chi connectivity index (χ1v) is 9.11. The molecule has 154 valence electrons. The van der Waals surface area contributed by atoms with Gasteiger partial charge in [-0.15, -0.1) is 0 Å². The number of pyridine rings is 1. The van der Waals surface area contributed by atoms with Crippen LogP contribution in [0.2, 0.25) is 0 Å². The number of nitriles is 1. The molecule has 3 rings (SSSR count). The summed E-state index contributed by atoms with van der Waals surface area (Å²) < 4.78 is 47.2. The van der Waals surface area contributed by atoms with Gasteiger partial charge in [-0.1, -0.05) is 35.9 Å². The molecule has 0 unspecified atom stereocenters. The molecule has 0 atom stereocenters. The number of aryl methyl sites for hydroxylation is 2.